The molecule has 0 aliphatic carbocycles. The second-order valence-corrected chi connectivity index (χ2v) is 7.36. The highest BCUT2D eigenvalue weighted by molar-refractivity contribution is 8.00. The molecule has 0 radical (unpaired) electrons. The quantitative estimate of drug-likeness (QED) is 0.630. The van der Waals surface area contributed by atoms with Crippen molar-refractivity contribution < 1.29 is 14.3 Å². The van der Waals surface area contributed by atoms with Gasteiger partial charge in [0, 0.05) is 16.7 Å². The van der Waals surface area contributed by atoms with Gasteiger partial charge in [-0.2, -0.15) is 0 Å². The molecule has 1 amide bonds. The van der Waals surface area contributed by atoms with Crippen molar-refractivity contribution in [3.63, 3.8) is 0 Å². The first kappa shape index (κ1) is 18.2. The van der Waals surface area contributed by atoms with Crippen LogP contribution in [0.4, 0.5) is 5.69 Å². The van der Waals surface area contributed by atoms with Gasteiger partial charge in [0.05, 0.1) is 17.1 Å². The number of benzene rings is 1. The molecule has 1 aliphatic rings. The van der Waals surface area contributed by atoms with Crippen LogP contribution in [0.3, 0.4) is 0 Å². The molecule has 1 aliphatic heterocycles. The minimum absolute atomic E-state index is 0.128. The molecule has 1 aromatic carbocycles. The van der Waals surface area contributed by atoms with Crippen molar-refractivity contribution in [2.24, 2.45) is 0 Å². The predicted octanol–water partition coefficient (Wildman–Crippen LogP) is 2.19. The highest BCUT2D eigenvalue weighted by Crippen LogP contribution is 2.34. The highest BCUT2D eigenvalue weighted by atomic mass is 32.2. The second-order valence-electron chi connectivity index (χ2n) is 6.34. The lowest BCUT2D eigenvalue weighted by atomic mass is 10.2. The number of ether oxygens (including phenoxy) is 1. The first-order chi connectivity index (χ1) is 13.5. The summed E-state index contributed by atoms with van der Waals surface area (Å²) in [5.74, 6) is -0.411. The zero-order valence-corrected chi connectivity index (χ0v) is 15.9. The monoisotopic (exact) mass is 395 g/mol. The van der Waals surface area contributed by atoms with Crippen LogP contribution in [-0.4, -0.2) is 33.6 Å². The fourth-order valence-corrected chi connectivity index (χ4v) is 4.03. The number of anilines is 1. The zero-order chi connectivity index (χ0) is 19.7. The first-order valence-corrected chi connectivity index (χ1v) is 9.67. The maximum atomic E-state index is 12.3. The number of esters is 1. The molecule has 28 heavy (non-hydrogen) atoms. The topological polar surface area (TPSA) is 81.0 Å². The number of amides is 1. The summed E-state index contributed by atoms with van der Waals surface area (Å²) >= 11 is 1.45. The molecule has 0 fully saturated rings. The number of pyridine rings is 1. The maximum Gasteiger partial charge on any atom is 0.326 e. The van der Waals surface area contributed by atoms with Crippen molar-refractivity contribution in [3.8, 4) is 0 Å². The molecule has 0 unspecified atom stereocenters. The van der Waals surface area contributed by atoms with E-state index in [1.54, 1.807) is 12.1 Å². The molecule has 8 heteroatoms. The molecule has 0 atom stereocenters. The molecule has 0 saturated carbocycles. The van der Waals surface area contributed by atoms with Crippen LogP contribution in [0.15, 0.2) is 58.2 Å². The Kier molecular flexibility index (Phi) is 4.87. The summed E-state index contributed by atoms with van der Waals surface area (Å²) in [6.07, 6.45) is 0. The van der Waals surface area contributed by atoms with Crippen LogP contribution in [-0.2, 0) is 20.9 Å². The molecule has 7 nitrogen and oxygen atoms in total. The molecule has 4 rings (SSSR count). The number of thioether (sulfide) groups is 1. The third kappa shape index (κ3) is 3.50. The third-order valence-corrected chi connectivity index (χ3v) is 5.46. The van der Waals surface area contributed by atoms with Crippen molar-refractivity contribution in [1.82, 2.24) is 9.38 Å². The first-order valence-electron chi connectivity index (χ1n) is 8.69. The Morgan fingerprint density at radius 2 is 2.00 bits per heavy atom. The van der Waals surface area contributed by atoms with E-state index in [0.717, 1.165) is 10.6 Å². The Hall–Kier alpha value is -3.13. The lowest BCUT2D eigenvalue weighted by Crippen LogP contribution is -2.39. The van der Waals surface area contributed by atoms with E-state index in [0.29, 0.717) is 17.0 Å². The average Bonchev–Trinajstić information content (AvgIpc) is 2.68. The summed E-state index contributed by atoms with van der Waals surface area (Å²) in [5.41, 5.74) is 2.11. The van der Waals surface area contributed by atoms with E-state index in [2.05, 4.69) is 4.98 Å². The van der Waals surface area contributed by atoms with Gasteiger partial charge in [-0.25, -0.2) is 4.98 Å². The summed E-state index contributed by atoms with van der Waals surface area (Å²) in [6.45, 7) is 1.51. The van der Waals surface area contributed by atoms with E-state index in [1.165, 1.54) is 27.1 Å². The molecule has 3 aromatic rings. The van der Waals surface area contributed by atoms with E-state index < -0.39 is 5.97 Å². The highest BCUT2D eigenvalue weighted by Gasteiger charge is 2.26. The van der Waals surface area contributed by atoms with Gasteiger partial charge >= 0.3 is 5.97 Å². The van der Waals surface area contributed by atoms with Crippen LogP contribution < -0.4 is 10.5 Å². The Morgan fingerprint density at radius 3 is 2.86 bits per heavy atom. The molecule has 0 saturated heterocycles. The van der Waals surface area contributed by atoms with E-state index >= 15 is 0 Å². The minimum Gasteiger partial charge on any atom is -0.458 e. The van der Waals surface area contributed by atoms with Gasteiger partial charge in [0.25, 0.3) is 5.56 Å². The molecule has 3 heterocycles. The van der Waals surface area contributed by atoms with Gasteiger partial charge in [0.15, 0.2) is 0 Å². The van der Waals surface area contributed by atoms with Crippen molar-refractivity contribution in [2.45, 2.75) is 18.4 Å². The molecular weight excluding hydrogens is 378 g/mol. The summed E-state index contributed by atoms with van der Waals surface area (Å²) in [6, 6.07) is 14.1. The Balaban J connectivity index is 1.48. The Morgan fingerprint density at radius 1 is 1.18 bits per heavy atom. The molecule has 0 spiro atoms. The van der Waals surface area contributed by atoms with Gasteiger partial charge in [-0.05, 0) is 31.2 Å². The van der Waals surface area contributed by atoms with Crippen molar-refractivity contribution in [1.29, 1.82) is 0 Å². The smallest absolute Gasteiger partial charge is 0.326 e. The van der Waals surface area contributed by atoms with E-state index in [-0.39, 0.29) is 30.4 Å². The van der Waals surface area contributed by atoms with Crippen LogP contribution >= 0.6 is 11.8 Å². The largest absolute Gasteiger partial charge is 0.458 e. The van der Waals surface area contributed by atoms with E-state index in [9.17, 15) is 14.4 Å². The number of carbonyl (C=O) groups is 2. The number of para-hydroxylation sites is 1. The Bertz CT molecular complexity index is 1140. The summed E-state index contributed by atoms with van der Waals surface area (Å²) < 4.78 is 6.77. The second kappa shape index (κ2) is 7.47. The number of hydrogen-bond acceptors (Lipinski definition) is 6. The number of rotatable bonds is 4. The number of carbonyl (C=O) groups excluding carboxylic acids is 2. The van der Waals surface area contributed by atoms with Crippen molar-refractivity contribution in [2.75, 3.05) is 17.2 Å². The summed E-state index contributed by atoms with van der Waals surface area (Å²) in [4.78, 5) is 43.6. The molecule has 0 N–H and O–H groups in total. The van der Waals surface area contributed by atoms with Crippen LogP contribution in [0, 0.1) is 6.92 Å². The van der Waals surface area contributed by atoms with Gasteiger partial charge < -0.3 is 4.74 Å². The standard InChI is InChI=1S/C20H17N3O4S/c1-13-5-4-8-17-21-14(9-18(24)23(13)17)11-27-20(26)10-22-15-6-2-3-7-16(15)28-12-19(22)25/h2-9H,10-12H2,1H3. The van der Waals surface area contributed by atoms with Gasteiger partial charge in [-0.3, -0.25) is 23.7 Å². The average molecular weight is 395 g/mol. The zero-order valence-electron chi connectivity index (χ0n) is 15.1. The lowest BCUT2D eigenvalue weighted by Gasteiger charge is -2.27. The van der Waals surface area contributed by atoms with Gasteiger partial charge in [-0.1, -0.05) is 18.2 Å². The van der Waals surface area contributed by atoms with Crippen LogP contribution in [0.5, 0.6) is 0 Å². The fraction of sp³-hybridized carbons (Fsp3) is 0.200. The van der Waals surface area contributed by atoms with Crippen LogP contribution in [0.25, 0.3) is 5.65 Å². The molecular formula is C20H17N3O4S. The number of aromatic nitrogens is 2. The van der Waals surface area contributed by atoms with E-state index in [1.807, 2.05) is 37.3 Å². The van der Waals surface area contributed by atoms with Gasteiger partial charge in [-0.15, -0.1) is 11.8 Å². The molecule has 142 valence electrons. The number of nitrogens with zero attached hydrogens (tertiary/aromatic N) is 3. The summed E-state index contributed by atoms with van der Waals surface area (Å²) in [5, 5.41) is 0. The molecule has 0 bridgehead atoms. The third-order valence-electron chi connectivity index (χ3n) is 4.41. The fourth-order valence-electron chi connectivity index (χ4n) is 3.09. The van der Waals surface area contributed by atoms with Crippen LogP contribution in [0.1, 0.15) is 11.4 Å². The van der Waals surface area contributed by atoms with E-state index in [4.69, 9.17) is 4.74 Å². The maximum absolute atomic E-state index is 12.3. The van der Waals surface area contributed by atoms with Crippen molar-refractivity contribution in [3.05, 3.63) is 70.3 Å². The van der Waals surface area contributed by atoms with Gasteiger partial charge in [0.1, 0.15) is 18.8 Å². The van der Waals surface area contributed by atoms with Crippen LogP contribution in [0.2, 0.25) is 0 Å². The lowest BCUT2D eigenvalue weighted by molar-refractivity contribution is -0.144. The van der Waals surface area contributed by atoms with Gasteiger partial charge in [0.2, 0.25) is 5.91 Å². The minimum atomic E-state index is -0.554. The summed E-state index contributed by atoms with van der Waals surface area (Å²) in [7, 11) is 0. The predicted molar refractivity (Wildman–Crippen MR) is 106 cm³/mol. The Labute approximate surface area is 165 Å². The molecule has 2 aromatic heterocycles. The number of hydrogen-bond donors (Lipinski definition) is 0. The number of fused-ring (bicyclic) bond motifs is 2. The van der Waals surface area contributed by atoms with Crippen molar-refractivity contribution >= 4 is 35.0 Å². The normalized spacial score (nSPS) is 13.5. The SMILES string of the molecule is Cc1cccc2nc(COC(=O)CN3C(=O)CSc4ccccc43)cc(=O)n12. The number of aryl methyl sites for hydroxylation is 1.